The lowest BCUT2D eigenvalue weighted by Gasteiger charge is -1.87. The zero-order valence-electron chi connectivity index (χ0n) is 5.09. The first-order chi connectivity index (χ1) is 3.77. The van der Waals surface area contributed by atoms with Gasteiger partial charge in [-0.3, -0.25) is 0 Å². The first-order valence-corrected chi connectivity index (χ1v) is 3.75. The summed E-state index contributed by atoms with van der Waals surface area (Å²) in [6.07, 6.45) is 5.62. The van der Waals surface area contributed by atoms with Gasteiger partial charge in [0.1, 0.15) is 0 Å². The van der Waals surface area contributed by atoms with Gasteiger partial charge in [0.2, 0.25) is 0 Å². The van der Waals surface area contributed by atoms with Crippen molar-refractivity contribution >= 4 is 25.3 Å². The Bertz CT molecular complexity index is 72.6. The van der Waals surface area contributed by atoms with Crippen molar-refractivity contribution < 1.29 is 0 Å². The van der Waals surface area contributed by atoms with Crippen LogP contribution in [-0.4, -0.2) is 0 Å². The molecule has 0 heterocycles. The highest BCUT2D eigenvalue weighted by Crippen LogP contribution is 2.07. The smallest absolute Gasteiger partial charge is 0.0299 e. The third-order valence-corrected chi connectivity index (χ3v) is 1.25. The van der Waals surface area contributed by atoms with E-state index in [9.17, 15) is 0 Å². The van der Waals surface area contributed by atoms with Crippen molar-refractivity contribution in [3.8, 4) is 0 Å². The maximum absolute atomic E-state index is 4.00. The van der Waals surface area contributed by atoms with Crippen molar-refractivity contribution in [2.24, 2.45) is 0 Å². The molecule has 0 bridgehead atoms. The van der Waals surface area contributed by atoms with Gasteiger partial charge in [-0.15, -0.1) is 25.3 Å². The highest BCUT2D eigenvalue weighted by Gasteiger charge is 1.79. The fourth-order valence-corrected chi connectivity index (χ4v) is 0.693. The van der Waals surface area contributed by atoms with Crippen molar-refractivity contribution in [1.82, 2.24) is 0 Å². The SMILES string of the molecule is CCCCC=C(S)S. The molecule has 0 aromatic rings. The molecule has 0 aromatic carbocycles. The molecule has 0 saturated carbocycles. The fourth-order valence-electron chi connectivity index (χ4n) is 0.435. The lowest BCUT2D eigenvalue weighted by Crippen LogP contribution is -1.65. The molecule has 0 unspecified atom stereocenters. The normalized spacial score (nSPS) is 8.88. The van der Waals surface area contributed by atoms with Crippen LogP contribution < -0.4 is 0 Å². The minimum atomic E-state index is 0.832. The van der Waals surface area contributed by atoms with Crippen LogP contribution >= 0.6 is 25.3 Å². The van der Waals surface area contributed by atoms with Crippen LogP contribution in [0.2, 0.25) is 0 Å². The van der Waals surface area contributed by atoms with E-state index in [0.29, 0.717) is 0 Å². The lowest BCUT2D eigenvalue weighted by atomic mass is 10.2. The van der Waals surface area contributed by atoms with Crippen LogP contribution in [0.1, 0.15) is 26.2 Å². The summed E-state index contributed by atoms with van der Waals surface area (Å²) >= 11 is 7.99. The Morgan fingerprint density at radius 2 is 2.12 bits per heavy atom. The summed E-state index contributed by atoms with van der Waals surface area (Å²) in [5.74, 6) is 0. The second-order valence-electron chi connectivity index (χ2n) is 1.70. The molecule has 2 heteroatoms. The predicted octanol–water partition coefficient (Wildman–Crippen LogP) is 2.88. The Labute approximate surface area is 62.2 Å². The van der Waals surface area contributed by atoms with Gasteiger partial charge in [0.25, 0.3) is 0 Å². The maximum Gasteiger partial charge on any atom is 0.0299 e. The molecule has 0 aromatic heterocycles. The molecule has 0 N–H and O–H groups in total. The van der Waals surface area contributed by atoms with Gasteiger partial charge in [-0.25, -0.2) is 0 Å². The third-order valence-electron chi connectivity index (χ3n) is 0.885. The zero-order chi connectivity index (χ0) is 6.41. The van der Waals surface area contributed by atoms with Crippen molar-refractivity contribution in [2.45, 2.75) is 26.2 Å². The summed E-state index contributed by atoms with van der Waals surface area (Å²) < 4.78 is 0.832. The number of allylic oxidation sites excluding steroid dienone is 1. The maximum atomic E-state index is 4.00. The Morgan fingerprint density at radius 3 is 2.50 bits per heavy atom. The van der Waals surface area contributed by atoms with Gasteiger partial charge in [0.05, 0.1) is 0 Å². The van der Waals surface area contributed by atoms with E-state index < -0.39 is 0 Å². The summed E-state index contributed by atoms with van der Waals surface area (Å²) in [6.45, 7) is 2.17. The number of thiol groups is 2. The molecule has 0 aliphatic heterocycles. The van der Waals surface area contributed by atoms with Crippen LogP contribution in [0.5, 0.6) is 0 Å². The number of hydrogen-bond acceptors (Lipinski definition) is 2. The van der Waals surface area contributed by atoms with Crippen LogP contribution in [0.3, 0.4) is 0 Å². The van der Waals surface area contributed by atoms with Crippen LogP contribution in [0.4, 0.5) is 0 Å². The highest BCUT2D eigenvalue weighted by atomic mass is 32.2. The van der Waals surface area contributed by atoms with Crippen LogP contribution in [0.25, 0.3) is 0 Å². The van der Waals surface area contributed by atoms with Crippen molar-refractivity contribution in [2.75, 3.05) is 0 Å². The van der Waals surface area contributed by atoms with Crippen LogP contribution in [0.15, 0.2) is 10.3 Å². The number of hydrogen-bond donors (Lipinski definition) is 2. The van der Waals surface area contributed by atoms with Gasteiger partial charge in [-0.2, -0.15) is 0 Å². The molecule has 0 saturated heterocycles. The van der Waals surface area contributed by atoms with E-state index in [0.717, 1.165) is 10.7 Å². The Hall–Kier alpha value is 0.440. The monoisotopic (exact) mass is 148 g/mol. The van der Waals surface area contributed by atoms with E-state index in [1.54, 1.807) is 0 Å². The number of unbranched alkanes of at least 4 members (excludes halogenated alkanes) is 2. The van der Waals surface area contributed by atoms with E-state index >= 15 is 0 Å². The van der Waals surface area contributed by atoms with E-state index in [1.165, 1.54) is 12.8 Å². The van der Waals surface area contributed by atoms with Crippen molar-refractivity contribution in [1.29, 1.82) is 0 Å². The molecule has 0 nitrogen and oxygen atoms in total. The summed E-state index contributed by atoms with van der Waals surface area (Å²) in [5, 5.41) is 0. The van der Waals surface area contributed by atoms with Gasteiger partial charge >= 0.3 is 0 Å². The molecule has 0 amide bonds. The summed E-state index contributed by atoms with van der Waals surface area (Å²) in [7, 11) is 0. The largest absolute Gasteiger partial charge is 0.137 e. The van der Waals surface area contributed by atoms with E-state index in [4.69, 9.17) is 0 Å². The van der Waals surface area contributed by atoms with Gasteiger partial charge in [-0.1, -0.05) is 25.8 Å². The molecule has 0 atom stereocenters. The summed E-state index contributed by atoms with van der Waals surface area (Å²) in [6, 6.07) is 0. The molecule has 0 radical (unpaired) electrons. The standard InChI is InChI=1S/C6H12S2/c1-2-3-4-5-6(7)8/h5,7-8H,2-4H2,1H3. The topological polar surface area (TPSA) is 0 Å². The summed E-state index contributed by atoms with van der Waals surface area (Å²) in [5.41, 5.74) is 0. The predicted molar refractivity (Wildman–Crippen MR) is 45.6 cm³/mol. The van der Waals surface area contributed by atoms with E-state index in [1.807, 2.05) is 6.08 Å². The van der Waals surface area contributed by atoms with E-state index in [2.05, 4.69) is 32.2 Å². The van der Waals surface area contributed by atoms with Crippen LogP contribution in [-0.2, 0) is 0 Å². The molecule has 0 aliphatic rings. The molecule has 0 rings (SSSR count). The van der Waals surface area contributed by atoms with E-state index in [-0.39, 0.29) is 0 Å². The third kappa shape index (κ3) is 6.44. The first kappa shape index (κ1) is 8.44. The minimum absolute atomic E-state index is 0.832. The average molecular weight is 148 g/mol. The molecule has 0 aliphatic carbocycles. The van der Waals surface area contributed by atoms with Gasteiger partial charge < -0.3 is 0 Å². The summed E-state index contributed by atoms with van der Waals surface area (Å²) in [4.78, 5) is 0. The molecule has 0 fully saturated rings. The Balaban J connectivity index is 3.03. The van der Waals surface area contributed by atoms with Gasteiger partial charge in [0, 0.05) is 4.24 Å². The molecular formula is C6H12S2. The molecule has 48 valence electrons. The quantitative estimate of drug-likeness (QED) is 0.446. The number of rotatable bonds is 3. The van der Waals surface area contributed by atoms with Crippen molar-refractivity contribution in [3.05, 3.63) is 10.3 Å². The molecular weight excluding hydrogens is 136 g/mol. The van der Waals surface area contributed by atoms with Crippen molar-refractivity contribution in [3.63, 3.8) is 0 Å². The first-order valence-electron chi connectivity index (χ1n) is 2.85. The Kier molecular flexibility index (Phi) is 5.88. The Morgan fingerprint density at radius 1 is 1.50 bits per heavy atom. The molecule has 0 spiro atoms. The van der Waals surface area contributed by atoms with Gasteiger partial charge in [-0.05, 0) is 6.42 Å². The lowest BCUT2D eigenvalue weighted by molar-refractivity contribution is 0.815. The van der Waals surface area contributed by atoms with Gasteiger partial charge in [0.15, 0.2) is 0 Å². The zero-order valence-corrected chi connectivity index (χ0v) is 6.88. The highest BCUT2D eigenvalue weighted by molar-refractivity contribution is 8.04. The molecule has 8 heavy (non-hydrogen) atoms. The second kappa shape index (κ2) is 5.57. The fraction of sp³-hybridized carbons (Fsp3) is 0.667. The van der Waals surface area contributed by atoms with Crippen LogP contribution in [0, 0.1) is 0 Å². The average Bonchev–Trinajstić information content (AvgIpc) is 1.66. The second-order valence-corrected chi connectivity index (χ2v) is 3.02. The minimum Gasteiger partial charge on any atom is -0.137 e.